The highest BCUT2D eigenvalue weighted by Crippen LogP contribution is 2.53. The molecule has 9 rings (SSSR count). The molecule has 184 valence electrons. The van der Waals surface area contributed by atoms with Crippen molar-refractivity contribution in [1.29, 1.82) is 0 Å². The number of fused-ring (bicyclic) bond motifs is 11. The molecule has 2 heteroatoms. The molecule has 0 saturated heterocycles. The van der Waals surface area contributed by atoms with Crippen LogP contribution in [0.15, 0.2) is 115 Å². The first-order valence-electron chi connectivity index (χ1n) is 13.6. The number of hydrogen-bond donors (Lipinski definition) is 0. The van der Waals surface area contributed by atoms with E-state index >= 15 is 0 Å². The van der Waals surface area contributed by atoms with Crippen LogP contribution < -0.4 is 0 Å². The van der Waals surface area contributed by atoms with Crippen molar-refractivity contribution in [3.05, 3.63) is 126 Å². The monoisotopic (exact) mass is 515 g/mol. The molecule has 1 nitrogen and oxygen atoms in total. The van der Waals surface area contributed by atoms with Crippen molar-refractivity contribution < 1.29 is 0 Å². The van der Waals surface area contributed by atoms with Crippen LogP contribution in [0.1, 0.15) is 25.0 Å². The van der Waals surface area contributed by atoms with Gasteiger partial charge in [0.2, 0.25) is 0 Å². The highest BCUT2D eigenvalue weighted by atomic mass is 32.1. The third kappa shape index (κ3) is 2.69. The van der Waals surface area contributed by atoms with Crippen LogP contribution in [-0.4, -0.2) is 4.57 Å². The van der Waals surface area contributed by atoms with Gasteiger partial charge in [-0.3, -0.25) is 0 Å². The minimum atomic E-state index is -0.0750. The van der Waals surface area contributed by atoms with E-state index in [4.69, 9.17) is 0 Å². The number of nitrogens with zero attached hydrogens (tertiary/aromatic N) is 1. The largest absolute Gasteiger partial charge is 0.308 e. The summed E-state index contributed by atoms with van der Waals surface area (Å²) in [7, 11) is 0. The summed E-state index contributed by atoms with van der Waals surface area (Å²) in [5.41, 5.74) is 9.32. The molecule has 0 saturated carbocycles. The summed E-state index contributed by atoms with van der Waals surface area (Å²) in [5.74, 6) is 0. The summed E-state index contributed by atoms with van der Waals surface area (Å²) in [5, 5.41) is 7.98. The third-order valence-electron chi connectivity index (χ3n) is 8.95. The highest BCUT2D eigenvalue weighted by Gasteiger charge is 2.37. The lowest BCUT2D eigenvalue weighted by atomic mass is 9.80. The van der Waals surface area contributed by atoms with E-state index in [0.29, 0.717) is 0 Å². The zero-order chi connectivity index (χ0) is 25.9. The molecule has 0 aliphatic heterocycles. The molecule has 2 aromatic heterocycles. The van der Waals surface area contributed by atoms with E-state index in [0.717, 1.165) is 0 Å². The molecule has 0 radical (unpaired) electrons. The standard InChI is InChI=1S/C37H25NS/c1-37(2)30-20-29-24-12-5-7-15-31(24)38(32-16-9-14-27-25-13-6-8-17-34(25)39-36(27)32)33(29)21-28(30)26-19-18-22-10-3-4-11-23(22)35(26)37/h3-21H,1-2H3. The van der Waals surface area contributed by atoms with Crippen molar-refractivity contribution in [1.82, 2.24) is 4.57 Å². The molecule has 0 amide bonds. The normalized spacial score (nSPS) is 14.1. The molecule has 0 N–H and O–H groups in total. The first kappa shape index (κ1) is 21.5. The average Bonchev–Trinajstić information content (AvgIpc) is 3.58. The highest BCUT2D eigenvalue weighted by molar-refractivity contribution is 7.26. The van der Waals surface area contributed by atoms with Gasteiger partial charge in [-0.2, -0.15) is 0 Å². The van der Waals surface area contributed by atoms with Gasteiger partial charge >= 0.3 is 0 Å². The van der Waals surface area contributed by atoms with Gasteiger partial charge in [0, 0.05) is 31.7 Å². The van der Waals surface area contributed by atoms with E-state index in [2.05, 4.69) is 134 Å². The minimum absolute atomic E-state index is 0.0750. The maximum atomic E-state index is 2.51. The lowest BCUT2D eigenvalue weighted by molar-refractivity contribution is 0.667. The number of aromatic nitrogens is 1. The van der Waals surface area contributed by atoms with Crippen LogP contribution in [0.4, 0.5) is 0 Å². The zero-order valence-corrected chi connectivity index (χ0v) is 22.6. The molecule has 1 aliphatic carbocycles. The van der Waals surface area contributed by atoms with E-state index in [9.17, 15) is 0 Å². The Balaban J connectivity index is 1.43. The summed E-state index contributed by atoms with van der Waals surface area (Å²) < 4.78 is 5.19. The van der Waals surface area contributed by atoms with Gasteiger partial charge < -0.3 is 4.57 Å². The molecule has 0 spiro atoms. The summed E-state index contributed by atoms with van der Waals surface area (Å²) in [6.45, 7) is 4.79. The SMILES string of the molecule is CC1(C)c2cc3c4ccccc4n(-c4cccc5c4sc4ccccc45)c3cc2-c2ccc3ccccc3c21. The Morgan fingerprint density at radius 3 is 2.21 bits per heavy atom. The molecular formula is C37H25NS. The molecule has 8 aromatic rings. The van der Waals surface area contributed by atoms with Crippen molar-refractivity contribution in [2.24, 2.45) is 0 Å². The Morgan fingerprint density at radius 1 is 0.564 bits per heavy atom. The molecule has 0 unspecified atom stereocenters. The average molecular weight is 516 g/mol. The van der Waals surface area contributed by atoms with E-state index < -0.39 is 0 Å². The van der Waals surface area contributed by atoms with Crippen LogP contribution in [0.25, 0.3) is 69.6 Å². The molecule has 0 fully saturated rings. The maximum Gasteiger partial charge on any atom is 0.0640 e. The first-order valence-corrected chi connectivity index (χ1v) is 14.4. The number of hydrogen-bond acceptors (Lipinski definition) is 1. The quantitative estimate of drug-likeness (QED) is 0.205. The Bertz CT molecular complexity index is 2310. The van der Waals surface area contributed by atoms with E-state index in [1.54, 1.807) is 0 Å². The van der Waals surface area contributed by atoms with Crippen LogP contribution >= 0.6 is 11.3 Å². The van der Waals surface area contributed by atoms with Gasteiger partial charge in [-0.15, -0.1) is 11.3 Å². The van der Waals surface area contributed by atoms with Crippen LogP contribution in [-0.2, 0) is 5.41 Å². The minimum Gasteiger partial charge on any atom is -0.308 e. The smallest absolute Gasteiger partial charge is 0.0640 e. The number of benzene rings is 6. The van der Waals surface area contributed by atoms with Crippen molar-refractivity contribution >= 4 is 64.1 Å². The van der Waals surface area contributed by atoms with Gasteiger partial charge in [0.15, 0.2) is 0 Å². The van der Waals surface area contributed by atoms with E-state index in [1.165, 1.54) is 80.7 Å². The molecule has 0 bridgehead atoms. The topological polar surface area (TPSA) is 4.93 Å². The van der Waals surface area contributed by atoms with Crippen molar-refractivity contribution in [2.75, 3.05) is 0 Å². The fourth-order valence-corrected chi connectivity index (χ4v) is 8.43. The van der Waals surface area contributed by atoms with Gasteiger partial charge in [-0.05, 0) is 63.4 Å². The zero-order valence-electron chi connectivity index (χ0n) is 21.8. The van der Waals surface area contributed by atoms with Gasteiger partial charge in [0.05, 0.1) is 21.4 Å². The van der Waals surface area contributed by atoms with Crippen molar-refractivity contribution in [3.63, 3.8) is 0 Å². The fourth-order valence-electron chi connectivity index (χ4n) is 7.23. The van der Waals surface area contributed by atoms with E-state index in [-0.39, 0.29) is 5.41 Å². The molecule has 1 aliphatic rings. The second kappa shape index (κ2) is 7.37. The number of para-hydroxylation sites is 1. The molecule has 39 heavy (non-hydrogen) atoms. The van der Waals surface area contributed by atoms with Gasteiger partial charge in [-0.25, -0.2) is 0 Å². The second-order valence-electron chi connectivity index (χ2n) is 11.4. The summed E-state index contributed by atoms with van der Waals surface area (Å²) in [4.78, 5) is 0. The Hall–Kier alpha value is -4.40. The summed E-state index contributed by atoms with van der Waals surface area (Å²) >= 11 is 1.90. The van der Waals surface area contributed by atoms with Crippen LogP contribution in [0.3, 0.4) is 0 Å². The Labute approximate surface area is 230 Å². The third-order valence-corrected chi connectivity index (χ3v) is 10.2. The van der Waals surface area contributed by atoms with Crippen molar-refractivity contribution in [3.8, 4) is 16.8 Å². The maximum absolute atomic E-state index is 2.51. The molecule has 6 aromatic carbocycles. The molecular weight excluding hydrogens is 490 g/mol. The molecule has 0 atom stereocenters. The first-order chi connectivity index (χ1) is 19.1. The van der Waals surface area contributed by atoms with Gasteiger partial charge in [0.1, 0.15) is 0 Å². The van der Waals surface area contributed by atoms with Gasteiger partial charge in [0.25, 0.3) is 0 Å². The van der Waals surface area contributed by atoms with Gasteiger partial charge in [-0.1, -0.05) is 98.8 Å². The summed E-state index contributed by atoms with van der Waals surface area (Å²) in [6.07, 6.45) is 0. The number of thiophene rings is 1. The Morgan fingerprint density at radius 2 is 1.31 bits per heavy atom. The van der Waals surface area contributed by atoms with Crippen LogP contribution in [0.5, 0.6) is 0 Å². The second-order valence-corrected chi connectivity index (χ2v) is 12.4. The van der Waals surface area contributed by atoms with Crippen LogP contribution in [0, 0.1) is 0 Å². The fraction of sp³-hybridized carbons (Fsp3) is 0.0811. The van der Waals surface area contributed by atoms with E-state index in [1.807, 2.05) is 11.3 Å². The van der Waals surface area contributed by atoms with Crippen LogP contribution in [0.2, 0.25) is 0 Å². The predicted octanol–water partition coefficient (Wildman–Crippen LogP) is 10.6. The van der Waals surface area contributed by atoms with Crippen molar-refractivity contribution in [2.45, 2.75) is 19.3 Å². The lowest BCUT2D eigenvalue weighted by Crippen LogP contribution is -2.15. The predicted molar refractivity (Wildman–Crippen MR) is 169 cm³/mol. The Kier molecular flexibility index (Phi) is 4.07. The summed E-state index contributed by atoms with van der Waals surface area (Å²) in [6, 6.07) is 42.9. The molecule has 2 heterocycles. The lowest BCUT2D eigenvalue weighted by Gasteiger charge is -2.23. The number of rotatable bonds is 1.